The molecule has 0 saturated heterocycles. The summed E-state index contributed by atoms with van der Waals surface area (Å²) in [5.41, 5.74) is 3.10. The Morgan fingerprint density at radius 2 is 1.96 bits per heavy atom. The predicted octanol–water partition coefficient (Wildman–Crippen LogP) is 3.85. The Labute approximate surface area is 150 Å². The van der Waals surface area contributed by atoms with Crippen molar-refractivity contribution in [3.63, 3.8) is 0 Å². The molecule has 0 unspecified atom stereocenters. The van der Waals surface area contributed by atoms with E-state index in [9.17, 15) is 9.18 Å². The van der Waals surface area contributed by atoms with E-state index in [1.807, 2.05) is 43.7 Å². The largest absolute Gasteiger partial charge is 0.352 e. The molecule has 0 radical (unpaired) electrons. The lowest BCUT2D eigenvalue weighted by molar-refractivity contribution is 0.0950. The summed E-state index contributed by atoms with van der Waals surface area (Å²) < 4.78 is 15.5. The van der Waals surface area contributed by atoms with Crippen LogP contribution < -0.4 is 5.32 Å². The third-order valence-electron chi connectivity index (χ3n) is 3.88. The molecule has 0 aliphatic heterocycles. The molecular weight excluding hydrogens is 341 g/mol. The zero-order valence-corrected chi connectivity index (χ0v) is 14.4. The van der Waals surface area contributed by atoms with Gasteiger partial charge in [-0.15, -0.1) is 0 Å². The minimum atomic E-state index is -0.620. The second-order valence-corrected chi connectivity index (χ2v) is 6.11. The predicted molar refractivity (Wildman–Crippen MR) is 96.1 cm³/mol. The van der Waals surface area contributed by atoms with Gasteiger partial charge in [-0.05, 0) is 29.7 Å². The van der Waals surface area contributed by atoms with Gasteiger partial charge in [-0.1, -0.05) is 41.9 Å². The Kier molecular flexibility index (Phi) is 5.14. The molecule has 0 saturated carbocycles. The van der Waals surface area contributed by atoms with Gasteiger partial charge in [0, 0.05) is 25.4 Å². The molecule has 6 heteroatoms. The maximum Gasteiger partial charge on any atom is 0.255 e. The van der Waals surface area contributed by atoms with Gasteiger partial charge >= 0.3 is 0 Å². The van der Waals surface area contributed by atoms with Gasteiger partial charge in [0.25, 0.3) is 5.91 Å². The highest BCUT2D eigenvalue weighted by molar-refractivity contribution is 6.33. The number of hydrogen-bond donors (Lipinski definition) is 1. The molecule has 1 N–H and O–H groups in total. The summed E-state index contributed by atoms with van der Waals surface area (Å²) >= 11 is 5.89. The number of nitrogens with one attached hydrogen (secondary N) is 1. The molecule has 128 valence electrons. The van der Waals surface area contributed by atoms with Crippen molar-refractivity contribution in [2.75, 3.05) is 6.54 Å². The summed E-state index contributed by atoms with van der Waals surface area (Å²) in [5, 5.41) is 6.97. The third kappa shape index (κ3) is 4.06. The Hall–Kier alpha value is -2.66. The topological polar surface area (TPSA) is 46.9 Å². The van der Waals surface area contributed by atoms with E-state index >= 15 is 0 Å². The van der Waals surface area contributed by atoms with Crippen LogP contribution in [0.1, 0.15) is 15.9 Å². The van der Waals surface area contributed by atoms with Gasteiger partial charge < -0.3 is 5.32 Å². The highest BCUT2D eigenvalue weighted by Gasteiger charge is 2.14. The first kappa shape index (κ1) is 17.2. The Balaban J connectivity index is 1.58. The van der Waals surface area contributed by atoms with Crippen molar-refractivity contribution in [1.82, 2.24) is 15.1 Å². The van der Waals surface area contributed by atoms with Gasteiger partial charge in [0.1, 0.15) is 5.82 Å². The number of rotatable bonds is 5. The van der Waals surface area contributed by atoms with E-state index < -0.39 is 11.7 Å². The first-order valence-electron chi connectivity index (χ1n) is 7.85. The van der Waals surface area contributed by atoms with Crippen LogP contribution in [0.5, 0.6) is 0 Å². The van der Waals surface area contributed by atoms with Crippen molar-refractivity contribution < 1.29 is 9.18 Å². The van der Waals surface area contributed by atoms with E-state index in [-0.39, 0.29) is 10.6 Å². The van der Waals surface area contributed by atoms with Crippen molar-refractivity contribution in [3.05, 3.63) is 76.8 Å². The average molecular weight is 358 g/mol. The van der Waals surface area contributed by atoms with Crippen LogP contribution in [0.3, 0.4) is 0 Å². The lowest BCUT2D eigenvalue weighted by atomic mass is 10.1. The Bertz CT molecular complexity index is 870. The van der Waals surface area contributed by atoms with Crippen LogP contribution in [0.4, 0.5) is 4.39 Å². The number of halogens is 2. The zero-order valence-electron chi connectivity index (χ0n) is 13.7. The van der Waals surface area contributed by atoms with Gasteiger partial charge in [0.15, 0.2) is 0 Å². The third-order valence-corrected chi connectivity index (χ3v) is 4.20. The maximum absolute atomic E-state index is 13.7. The lowest BCUT2D eigenvalue weighted by Gasteiger charge is -2.08. The molecule has 3 rings (SSSR count). The van der Waals surface area contributed by atoms with E-state index in [0.717, 1.165) is 16.7 Å². The van der Waals surface area contributed by atoms with Gasteiger partial charge in [-0.2, -0.15) is 5.10 Å². The molecule has 1 aromatic heterocycles. The number of benzene rings is 2. The zero-order chi connectivity index (χ0) is 17.8. The standard InChI is InChI=1S/C19H17ClFN3O/c1-24-12-15(11-23-24)14-7-5-13(6-8-14)9-10-22-19(25)18-16(20)3-2-4-17(18)21/h2-8,11-12H,9-10H2,1H3,(H,22,25). The van der Waals surface area contributed by atoms with Gasteiger partial charge in [-0.3, -0.25) is 9.48 Å². The van der Waals surface area contributed by atoms with E-state index in [4.69, 9.17) is 11.6 Å². The fraction of sp³-hybridized carbons (Fsp3) is 0.158. The number of carbonyl (C=O) groups excluding carboxylic acids is 1. The Morgan fingerprint density at radius 3 is 2.60 bits per heavy atom. The molecule has 0 spiro atoms. The SMILES string of the molecule is Cn1cc(-c2ccc(CCNC(=O)c3c(F)cccc3Cl)cc2)cn1. The quantitative estimate of drug-likeness (QED) is 0.753. The smallest absolute Gasteiger partial charge is 0.255 e. The van der Waals surface area contributed by atoms with Gasteiger partial charge in [0.05, 0.1) is 16.8 Å². The maximum atomic E-state index is 13.7. The average Bonchev–Trinajstić information content (AvgIpc) is 3.02. The summed E-state index contributed by atoms with van der Waals surface area (Å²) in [5.74, 6) is -1.12. The molecule has 1 amide bonds. The molecule has 0 atom stereocenters. The molecule has 4 nitrogen and oxygen atoms in total. The van der Waals surface area contributed by atoms with E-state index in [0.29, 0.717) is 13.0 Å². The highest BCUT2D eigenvalue weighted by Crippen LogP contribution is 2.20. The Morgan fingerprint density at radius 1 is 1.20 bits per heavy atom. The first-order chi connectivity index (χ1) is 12.0. The van der Waals surface area contributed by atoms with Crippen molar-refractivity contribution in [2.45, 2.75) is 6.42 Å². The van der Waals surface area contributed by atoms with Crippen molar-refractivity contribution in [1.29, 1.82) is 0 Å². The molecular formula is C19H17ClFN3O. The van der Waals surface area contributed by atoms with Crippen LogP contribution >= 0.6 is 11.6 Å². The molecule has 0 aliphatic rings. The molecule has 25 heavy (non-hydrogen) atoms. The number of aromatic nitrogens is 2. The monoisotopic (exact) mass is 357 g/mol. The van der Waals surface area contributed by atoms with Crippen LogP contribution in [0, 0.1) is 5.82 Å². The second kappa shape index (κ2) is 7.49. The number of nitrogens with zero attached hydrogens (tertiary/aromatic N) is 2. The van der Waals surface area contributed by atoms with E-state index in [1.54, 1.807) is 4.68 Å². The van der Waals surface area contributed by atoms with Gasteiger partial charge in [0.2, 0.25) is 0 Å². The van der Waals surface area contributed by atoms with Crippen LogP contribution in [-0.2, 0) is 13.5 Å². The second-order valence-electron chi connectivity index (χ2n) is 5.70. The van der Waals surface area contributed by atoms with E-state index in [2.05, 4.69) is 10.4 Å². The van der Waals surface area contributed by atoms with Crippen molar-refractivity contribution in [2.24, 2.45) is 7.05 Å². The van der Waals surface area contributed by atoms with E-state index in [1.165, 1.54) is 18.2 Å². The molecule has 3 aromatic rings. The molecule has 0 bridgehead atoms. The number of carbonyl (C=O) groups is 1. The fourth-order valence-corrected chi connectivity index (χ4v) is 2.81. The van der Waals surface area contributed by atoms with Crippen LogP contribution in [0.25, 0.3) is 11.1 Å². The van der Waals surface area contributed by atoms with Crippen LogP contribution in [-0.4, -0.2) is 22.2 Å². The summed E-state index contributed by atoms with van der Waals surface area (Å²) in [4.78, 5) is 12.1. The van der Waals surface area contributed by atoms with Crippen molar-refractivity contribution >= 4 is 17.5 Å². The molecule has 0 aliphatic carbocycles. The highest BCUT2D eigenvalue weighted by atomic mass is 35.5. The summed E-state index contributed by atoms with van der Waals surface area (Å²) in [6.07, 6.45) is 4.41. The lowest BCUT2D eigenvalue weighted by Crippen LogP contribution is -2.26. The summed E-state index contributed by atoms with van der Waals surface area (Å²) in [6, 6.07) is 12.2. The summed E-state index contributed by atoms with van der Waals surface area (Å²) in [6.45, 7) is 0.399. The van der Waals surface area contributed by atoms with Crippen LogP contribution in [0.2, 0.25) is 5.02 Å². The number of hydrogen-bond acceptors (Lipinski definition) is 2. The number of aryl methyl sites for hydroxylation is 1. The minimum absolute atomic E-state index is 0.110. The molecule has 0 fully saturated rings. The van der Waals surface area contributed by atoms with Crippen molar-refractivity contribution in [3.8, 4) is 11.1 Å². The molecule has 1 heterocycles. The fourth-order valence-electron chi connectivity index (χ4n) is 2.56. The molecule has 2 aromatic carbocycles. The minimum Gasteiger partial charge on any atom is -0.352 e. The van der Waals surface area contributed by atoms with Crippen LogP contribution in [0.15, 0.2) is 54.9 Å². The number of amides is 1. The normalized spacial score (nSPS) is 10.7. The summed E-state index contributed by atoms with van der Waals surface area (Å²) in [7, 11) is 1.88. The van der Waals surface area contributed by atoms with Gasteiger partial charge in [-0.25, -0.2) is 4.39 Å². The first-order valence-corrected chi connectivity index (χ1v) is 8.22.